The Balaban J connectivity index is 2.17. The van der Waals surface area contributed by atoms with Gasteiger partial charge in [0.1, 0.15) is 6.19 Å². The van der Waals surface area contributed by atoms with Crippen LogP contribution in [0, 0.1) is 0 Å². The zero-order valence-electron chi connectivity index (χ0n) is 10.6. The van der Waals surface area contributed by atoms with Crippen LogP contribution in [-0.4, -0.2) is 41.6 Å². The minimum atomic E-state index is -0.416. The predicted molar refractivity (Wildman–Crippen MR) is 67.2 cm³/mol. The van der Waals surface area contributed by atoms with Gasteiger partial charge in [-0.3, -0.25) is 0 Å². The number of hydrogen-bond donors (Lipinski definition) is 0. The minimum Gasteiger partial charge on any atom is -0.399 e. The van der Waals surface area contributed by atoms with E-state index in [0.29, 0.717) is 0 Å². The Labute approximate surface area is 102 Å². The largest absolute Gasteiger partial charge is 0.498 e. The van der Waals surface area contributed by atoms with E-state index in [4.69, 9.17) is 9.31 Å². The predicted octanol–water partition coefficient (Wildman–Crippen LogP) is -0.428. The van der Waals surface area contributed by atoms with Crippen molar-refractivity contribution >= 4 is 26.2 Å². The first-order valence-corrected chi connectivity index (χ1v) is 5.67. The van der Waals surface area contributed by atoms with Gasteiger partial charge in [0.25, 0.3) is 0 Å². The van der Waals surface area contributed by atoms with Crippen LogP contribution in [0.25, 0.3) is 0 Å². The average Bonchev–Trinajstić information content (AvgIpc) is 2.71. The van der Waals surface area contributed by atoms with E-state index in [-0.39, 0.29) is 18.6 Å². The fourth-order valence-corrected chi connectivity index (χ4v) is 1.66. The minimum absolute atomic E-state index is 0.250. The second-order valence-corrected chi connectivity index (χ2v) is 5.25. The van der Waals surface area contributed by atoms with Crippen LogP contribution in [0.4, 0.5) is 0 Å². The molecule has 0 spiro atoms. The van der Waals surface area contributed by atoms with Gasteiger partial charge in [0.2, 0.25) is 0 Å². The van der Waals surface area contributed by atoms with Crippen molar-refractivity contribution in [1.29, 1.82) is 0 Å². The normalized spacial score (nSPS) is 21.5. The van der Waals surface area contributed by atoms with Gasteiger partial charge < -0.3 is 18.7 Å². The van der Waals surface area contributed by atoms with Crippen LogP contribution in [-0.2, 0) is 14.1 Å². The van der Waals surface area contributed by atoms with Crippen LogP contribution >= 0.6 is 0 Å². The first kappa shape index (κ1) is 12.4. The summed E-state index contributed by atoms with van der Waals surface area (Å²) in [6, 6.07) is 0. The Hall–Kier alpha value is -1.07. The topological polar surface area (TPSA) is 53.4 Å². The van der Waals surface area contributed by atoms with Crippen LogP contribution in [0.3, 0.4) is 0 Å². The third-order valence-corrected chi connectivity index (χ3v) is 3.44. The zero-order valence-corrected chi connectivity index (χ0v) is 10.6. The van der Waals surface area contributed by atoms with Crippen molar-refractivity contribution in [2.45, 2.75) is 38.9 Å². The molecule has 0 atom stereocenters. The quantitative estimate of drug-likeness (QED) is 0.526. The van der Waals surface area contributed by atoms with Gasteiger partial charge in [0.15, 0.2) is 0 Å². The molecule has 5 nitrogen and oxygen atoms in total. The van der Waals surface area contributed by atoms with Crippen molar-refractivity contribution in [3.8, 4) is 0 Å². The molecule has 0 N–H and O–H groups in total. The highest BCUT2D eigenvalue weighted by atomic mass is 16.7. The first-order chi connectivity index (χ1) is 7.86. The van der Waals surface area contributed by atoms with Crippen molar-refractivity contribution in [2.75, 3.05) is 0 Å². The molecule has 1 aliphatic heterocycles. The molecule has 1 aromatic heterocycles. The van der Waals surface area contributed by atoms with Gasteiger partial charge in [0, 0.05) is 17.9 Å². The fraction of sp³-hybridized carbons (Fsp3) is 0.600. The van der Waals surface area contributed by atoms with Crippen molar-refractivity contribution in [2.24, 2.45) is 0 Å². The monoisotopic (exact) mass is 234 g/mol. The van der Waals surface area contributed by atoms with Crippen LogP contribution in [0.5, 0.6) is 0 Å². The number of carbonyl (C=O) groups excluding carboxylic acids is 1. The molecule has 1 aromatic rings. The SMILES string of the molecule is CC1(C)OB(c2cnn(BC=O)c2)OC1(C)C. The summed E-state index contributed by atoms with van der Waals surface area (Å²) in [4.78, 5) is 10.4. The highest BCUT2D eigenvalue weighted by Gasteiger charge is 2.52. The molecule has 1 saturated heterocycles. The number of rotatable bonds is 3. The Morgan fingerprint density at radius 1 is 1.35 bits per heavy atom. The molecule has 2 heterocycles. The van der Waals surface area contributed by atoms with E-state index in [1.807, 2.05) is 27.7 Å². The summed E-state index contributed by atoms with van der Waals surface area (Å²) < 4.78 is 13.3. The van der Waals surface area contributed by atoms with Gasteiger partial charge in [-0.15, -0.1) is 0 Å². The average molecular weight is 234 g/mol. The lowest BCUT2D eigenvalue weighted by Crippen LogP contribution is -2.41. The summed E-state index contributed by atoms with van der Waals surface area (Å²) in [5.74, 6) is 0. The van der Waals surface area contributed by atoms with Crippen molar-refractivity contribution in [3.05, 3.63) is 12.4 Å². The molecule has 1 fully saturated rings. The molecule has 0 saturated carbocycles. The van der Waals surface area contributed by atoms with Crippen LogP contribution < -0.4 is 5.46 Å². The second-order valence-electron chi connectivity index (χ2n) is 5.25. The van der Waals surface area contributed by atoms with Gasteiger partial charge >= 0.3 is 14.5 Å². The molecule has 7 heteroatoms. The van der Waals surface area contributed by atoms with E-state index in [9.17, 15) is 4.79 Å². The van der Waals surface area contributed by atoms with Gasteiger partial charge in [0.05, 0.1) is 11.2 Å². The highest BCUT2D eigenvalue weighted by molar-refractivity contribution is 6.66. The Bertz CT molecular complexity index is 415. The van der Waals surface area contributed by atoms with Gasteiger partial charge in [-0.05, 0) is 27.7 Å². The van der Waals surface area contributed by atoms with E-state index in [2.05, 4.69) is 5.10 Å². The van der Waals surface area contributed by atoms with Gasteiger partial charge in [-0.1, -0.05) is 0 Å². The molecule has 0 amide bonds. The maximum absolute atomic E-state index is 10.4. The maximum atomic E-state index is 10.4. The fourth-order valence-electron chi connectivity index (χ4n) is 1.66. The third-order valence-electron chi connectivity index (χ3n) is 3.44. The Morgan fingerprint density at radius 3 is 2.47 bits per heavy atom. The molecule has 0 aromatic carbocycles. The molecule has 0 bridgehead atoms. The molecule has 2 rings (SSSR count). The number of nitrogens with zero attached hydrogens (tertiary/aromatic N) is 2. The molecule has 0 radical (unpaired) electrons. The standard InChI is InChI=1S/C10H16B2N2O3/c1-9(2)10(3,4)17-12(16-9)8-5-13-14(6-8)11-7-15/h5-7,11H,1-4H3. The third kappa shape index (κ3) is 2.17. The summed E-state index contributed by atoms with van der Waals surface area (Å²) in [6.45, 7) is 8.01. The van der Waals surface area contributed by atoms with Crippen LogP contribution in [0.1, 0.15) is 27.7 Å². The summed E-state index contributed by atoms with van der Waals surface area (Å²) in [7, 11) is -0.167. The second kappa shape index (κ2) is 3.99. The number of hydrogen-bond acceptors (Lipinski definition) is 4. The summed E-state index contributed by atoms with van der Waals surface area (Å²) in [5, 5.41) is 4.07. The zero-order chi connectivity index (χ0) is 12.7. The van der Waals surface area contributed by atoms with Crippen LogP contribution in [0.15, 0.2) is 12.4 Å². The van der Waals surface area contributed by atoms with E-state index in [1.165, 1.54) is 0 Å². The maximum Gasteiger partial charge on any atom is 0.498 e. The summed E-state index contributed by atoms with van der Waals surface area (Å²) in [6.07, 6.45) is 4.25. The van der Waals surface area contributed by atoms with Crippen LogP contribution in [0.2, 0.25) is 0 Å². The number of aromatic nitrogens is 2. The molecule has 17 heavy (non-hydrogen) atoms. The van der Waals surface area contributed by atoms with Gasteiger partial charge in [-0.2, -0.15) is 5.10 Å². The van der Waals surface area contributed by atoms with Crippen molar-refractivity contribution in [3.63, 3.8) is 0 Å². The van der Waals surface area contributed by atoms with Crippen molar-refractivity contribution < 1.29 is 14.1 Å². The van der Waals surface area contributed by atoms with E-state index in [1.54, 1.807) is 17.0 Å². The smallest absolute Gasteiger partial charge is 0.399 e. The Kier molecular flexibility index (Phi) is 2.91. The highest BCUT2D eigenvalue weighted by Crippen LogP contribution is 2.36. The number of carbonyl (C=O) groups is 1. The molecule has 90 valence electrons. The molecule has 1 aliphatic rings. The van der Waals surface area contributed by atoms with Crippen molar-refractivity contribution in [1.82, 2.24) is 9.69 Å². The molecular weight excluding hydrogens is 218 g/mol. The molecular formula is C10H16B2N2O3. The lowest BCUT2D eigenvalue weighted by Gasteiger charge is -2.32. The summed E-state index contributed by atoms with van der Waals surface area (Å²) in [5.41, 5.74) is 0.125. The lowest BCUT2D eigenvalue weighted by molar-refractivity contribution is 0.00578. The lowest BCUT2D eigenvalue weighted by atomic mass is 9.81. The van der Waals surface area contributed by atoms with Gasteiger partial charge in [-0.25, -0.2) is 0 Å². The first-order valence-electron chi connectivity index (χ1n) is 5.67. The summed E-state index contributed by atoms with van der Waals surface area (Å²) >= 11 is 0. The molecule has 0 unspecified atom stereocenters. The van der Waals surface area contributed by atoms with E-state index >= 15 is 0 Å². The Morgan fingerprint density at radius 2 is 1.94 bits per heavy atom. The van der Waals surface area contributed by atoms with E-state index < -0.39 is 7.12 Å². The van der Waals surface area contributed by atoms with E-state index in [0.717, 1.165) is 11.6 Å². The molecule has 0 aliphatic carbocycles.